The number of rotatable bonds is 3. The summed E-state index contributed by atoms with van der Waals surface area (Å²) < 4.78 is 1.79. The van der Waals surface area contributed by atoms with Gasteiger partial charge in [0.05, 0.1) is 19.3 Å². The van der Waals surface area contributed by atoms with Crippen LogP contribution in [0.3, 0.4) is 0 Å². The van der Waals surface area contributed by atoms with Crippen LogP contribution in [0.25, 0.3) is 0 Å². The molecule has 1 saturated heterocycles. The lowest BCUT2D eigenvalue weighted by Crippen LogP contribution is -3.11. The van der Waals surface area contributed by atoms with Crippen LogP contribution in [-0.4, -0.2) is 28.8 Å². The fraction of sp³-hybridized carbons (Fsp3) is 0.636. The maximum absolute atomic E-state index is 10.7. The molecule has 0 spiro atoms. The van der Waals surface area contributed by atoms with E-state index in [0.717, 1.165) is 32.5 Å². The Morgan fingerprint density at radius 3 is 2.81 bits per heavy atom. The van der Waals surface area contributed by atoms with E-state index in [4.69, 9.17) is 0 Å². The number of carboxylic acids is 1. The zero-order valence-electron chi connectivity index (χ0n) is 9.48. The maximum Gasteiger partial charge on any atom is 0.106 e. The number of likely N-dealkylation sites (tertiary alicyclic amines) is 1. The van der Waals surface area contributed by atoms with Gasteiger partial charge >= 0.3 is 0 Å². The normalized spacial score (nSPS) is 25.6. The van der Waals surface area contributed by atoms with Gasteiger partial charge in [-0.3, -0.25) is 4.68 Å². The van der Waals surface area contributed by atoms with E-state index in [1.165, 1.54) is 10.5 Å². The molecule has 0 bridgehead atoms. The number of hydrogen-bond donors (Lipinski definition) is 1. The molecule has 1 fully saturated rings. The average Bonchev–Trinajstić information content (AvgIpc) is 2.65. The first-order chi connectivity index (χ1) is 7.65. The SMILES string of the molecule is Cn1cc(C[NH+]2CCC(C(=O)[O-])CC2)cn1. The van der Waals surface area contributed by atoms with Gasteiger partial charge in [0, 0.05) is 43.5 Å². The lowest BCUT2D eigenvalue weighted by atomic mass is 9.97. The van der Waals surface area contributed by atoms with Crippen molar-refractivity contribution in [2.24, 2.45) is 13.0 Å². The molecule has 1 aliphatic heterocycles. The molecule has 2 heterocycles. The summed E-state index contributed by atoms with van der Waals surface area (Å²) in [7, 11) is 1.90. The number of piperidine rings is 1. The van der Waals surface area contributed by atoms with Crippen molar-refractivity contribution < 1.29 is 14.8 Å². The monoisotopic (exact) mass is 223 g/mol. The fourth-order valence-corrected chi connectivity index (χ4v) is 2.29. The largest absolute Gasteiger partial charge is 0.550 e. The van der Waals surface area contributed by atoms with Crippen LogP contribution in [0.4, 0.5) is 0 Å². The first-order valence-electron chi connectivity index (χ1n) is 5.67. The van der Waals surface area contributed by atoms with Gasteiger partial charge < -0.3 is 14.8 Å². The first-order valence-corrected chi connectivity index (χ1v) is 5.67. The van der Waals surface area contributed by atoms with Crippen molar-refractivity contribution in [3.8, 4) is 0 Å². The smallest absolute Gasteiger partial charge is 0.106 e. The lowest BCUT2D eigenvalue weighted by molar-refractivity contribution is -0.919. The van der Waals surface area contributed by atoms with Crippen LogP contribution in [0, 0.1) is 5.92 Å². The Labute approximate surface area is 94.7 Å². The maximum atomic E-state index is 10.7. The summed E-state index contributed by atoms with van der Waals surface area (Å²) in [6.07, 6.45) is 5.35. The number of aryl methyl sites for hydroxylation is 1. The molecule has 1 aromatic rings. The van der Waals surface area contributed by atoms with Crippen molar-refractivity contribution in [2.45, 2.75) is 19.4 Å². The van der Waals surface area contributed by atoms with Gasteiger partial charge in [0.25, 0.3) is 0 Å². The van der Waals surface area contributed by atoms with Crippen LogP contribution in [0.1, 0.15) is 18.4 Å². The third kappa shape index (κ3) is 2.61. The number of carbonyl (C=O) groups excluding carboxylic acids is 1. The zero-order chi connectivity index (χ0) is 11.5. The van der Waals surface area contributed by atoms with E-state index >= 15 is 0 Å². The van der Waals surface area contributed by atoms with Gasteiger partial charge in [-0.1, -0.05) is 0 Å². The Kier molecular flexibility index (Phi) is 3.24. The second-order valence-electron chi connectivity index (χ2n) is 4.54. The summed E-state index contributed by atoms with van der Waals surface area (Å²) >= 11 is 0. The summed E-state index contributed by atoms with van der Waals surface area (Å²) in [5, 5.41) is 14.8. The van der Waals surface area contributed by atoms with Crippen molar-refractivity contribution in [2.75, 3.05) is 13.1 Å². The highest BCUT2D eigenvalue weighted by molar-refractivity contribution is 5.67. The Balaban J connectivity index is 1.83. The third-order valence-electron chi connectivity index (χ3n) is 3.24. The van der Waals surface area contributed by atoms with Crippen molar-refractivity contribution in [1.82, 2.24) is 9.78 Å². The fourth-order valence-electron chi connectivity index (χ4n) is 2.29. The predicted octanol–water partition coefficient (Wildman–Crippen LogP) is -2.04. The molecule has 0 saturated carbocycles. The predicted molar refractivity (Wildman–Crippen MR) is 55.3 cm³/mol. The van der Waals surface area contributed by atoms with E-state index in [1.54, 1.807) is 4.68 Å². The molecular formula is C11H17N3O2. The van der Waals surface area contributed by atoms with Crippen LogP contribution in [0.15, 0.2) is 12.4 Å². The number of carboxylic acid groups (broad SMARTS) is 1. The molecule has 88 valence electrons. The van der Waals surface area contributed by atoms with Crippen molar-refractivity contribution >= 4 is 5.97 Å². The van der Waals surface area contributed by atoms with Crippen LogP contribution in [0.5, 0.6) is 0 Å². The van der Waals surface area contributed by atoms with Gasteiger partial charge in [0.15, 0.2) is 0 Å². The molecule has 1 aliphatic rings. The van der Waals surface area contributed by atoms with E-state index in [1.807, 2.05) is 19.4 Å². The van der Waals surface area contributed by atoms with Gasteiger partial charge in [-0.2, -0.15) is 5.10 Å². The minimum atomic E-state index is -0.888. The summed E-state index contributed by atoms with van der Waals surface area (Å²) in [5.74, 6) is -1.13. The molecular weight excluding hydrogens is 206 g/mol. The van der Waals surface area contributed by atoms with Crippen LogP contribution in [-0.2, 0) is 18.4 Å². The highest BCUT2D eigenvalue weighted by Gasteiger charge is 2.22. The van der Waals surface area contributed by atoms with Gasteiger partial charge in [-0.05, 0) is 0 Å². The molecule has 1 N–H and O–H groups in total. The standard InChI is InChI=1S/C11H17N3O2/c1-13-7-9(6-12-13)8-14-4-2-10(3-5-14)11(15)16/h6-7,10H,2-5,8H2,1H3,(H,15,16). The number of hydrogen-bond acceptors (Lipinski definition) is 3. The topological polar surface area (TPSA) is 62.4 Å². The Hall–Kier alpha value is -1.36. The Morgan fingerprint density at radius 1 is 1.62 bits per heavy atom. The molecule has 16 heavy (non-hydrogen) atoms. The molecule has 1 aromatic heterocycles. The quantitative estimate of drug-likeness (QED) is 0.642. The highest BCUT2D eigenvalue weighted by Crippen LogP contribution is 2.08. The number of nitrogens with one attached hydrogen (secondary N) is 1. The van der Waals surface area contributed by atoms with Crippen molar-refractivity contribution in [3.05, 3.63) is 18.0 Å². The van der Waals surface area contributed by atoms with E-state index in [0.29, 0.717) is 0 Å². The van der Waals surface area contributed by atoms with Gasteiger partial charge in [0.1, 0.15) is 6.54 Å². The molecule has 0 atom stereocenters. The molecule has 0 aromatic carbocycles. The average molecular weight is 223 g/mol. The molecule has 5 nitrogen and oxygen atoms in total. The number of aliphatic carboxylic acids is 1. The number of aromatic nitrogens is 2. The van der Waals surface area contributed by atoms with Gasteiger partial charge in [0.2, 0.25) is 0 Å². The number of nitrogens with zero attached hydrogens (tertiary/aromatic N) is 2. The molecule has 0 radical (unpaired) electrons. The lowest BCUT2D eigenvalue weighted by Gasteiger charge is -2.29. The Morgan fingerprint density at radius 2 is 2.31 bits per heavy atom. The summed E-state index contributed by atoms with van der Waals surface area (Å²) in [6.45, 7) is 2.76. The molecule has 0 unspecified atom stereocenters. The van der Waals surface area contributed by atoms with Crippen molar-refractivity contribution in [1.29, 1.82) is 0 Å². The number of carbonyl (C=O) groups is 1. The second-order valence-corrected chi connectivity index (χ2v) is 4.54. The minimum Gasteiger partial charge on any atom is -0.550 e. The second kappa shape index (κ2) is 4.65. The minimum absolute atomic E-state index is 0.238. The Bertz CT molecular complexity index is 367. The van der Waals surface area contributed by atoms with E-state index in [9.17, 15) is 9.90 Å². The van der Waals surface area contributed by atoms with Crippen LogP contribution >= 0.6 is 0 Å². The molecule has 0 amide bonds. The van der Waals surface area contributed by atoms with E-state index < -0.39 is 5.97 Å². The summed E-state index contributed by atoms with van der Waals surface area (Å²) in [4.78, 5) is 12.1. The summed E-state index contributed by atoms with van der Waals surface area (Å²) in [6, 6.07) is 0. The molecule has 5 heteroatoms. The van der Waals surface area contributed by atoms with E-state index in [-0.39, 0.29) is 5.92 Å². The third-order valence-corrected chi connectivity index (χ3v) is 3.24. The highest BCUT2D eigenvalue weighted by atomic mass is 16.4. The first kappa shape index (κ1) is 11.1. The molecule has 0 aliphatic carbocycles. The van der Waals surface area contributed by atoms with Gasteiger partial charge in [-0.25, -0.2) is 0 Å². The van der Waals surface area contributed by atoms with E-state index in [2.05, 4.69) is 5.10 Å². The van der Waals surface area contributed by atoms with Crippen LogP contribution in [0.2, 0.25) is 0 Å². The zero-order valence-corrected chi connectivity index (χ0v) is 9.48. The summed E-state index contributed by atoms with van der Waals surface area (Å²) in [5.41, 5.74) is 1.21. The van der Waals surface area contributed by atoms with Crippen molar-refractivity contribution in [3.63, 3.8) is 0 Å². The van der Waals surface area contributed by atoms with Crippen LogP contribution < -0.4 is 10.0 Å². The number of quaternary nitrogens is 1. The molecule has 2 rings (SSSR count). The van der Waals surface area contributed by atoms with Gasteiger partial charge in [-0.15, -0.1) is 0 Å².